The van der Waals surface area contributed by atoms with E-state index in [9.17, 15) is 14.4 Å². The molecule has 1 aliphatic heterocycles. The highest BCUT2D eigenvalue weighted by molar-refractivity contribution is 6.01. The van der Waals surface area contributed by atoms with Crippen molar-refractivity contribution in [2.45, 2.75) is 12.5 Å². The summed E-state index contributed by atoms with van der Waals surface area (Å²) in [4.78, 5) is 33.0. The number of hydrogen-bond acceptors (Lipinski definition) is 6. The lowest BCUT2D eigenvalue weighted by Crippen LogP contribution is -2.22. The molecule has 1 unspecified atom stereocenters. The average molecular weight is 214 g/mol. The Morgan fingerprint density at radius 3 is 2.60 bits per heavy atom. The maximum absolute atomic E-state index is 11.2. The normalized spacial score (nSPS) is 19.2. The molecule has 0 aromatic heterocycles. The lowest BCUT2D eigenvalue weighted by Gasteiger charge is -2.10. The number of ether oxygens (including phenoxy) is 3. The molecule has 0 N–H and O–H groups in total. The highest BCUT2D eigenvalue weighted by Crippen LogP contribution is 2.20. The van der Waals surface area contributed by atoms with E-state index in [1.54, 1.807) is 0 Å². The van der Waals surface area contributed by atoms with E-state index in [4.69, 9.17) is 4.74 Å². The van der Waals surface area contributed by atoms with E-state index in [0.29, 0.717) is 0 Å². The van der Waals surface area contributed by atoms with Crippen molar-refractivity contribution in [1.29, 1.82) is 0 Å². The SMILES string of the molecule is COC(=O)CC1OC(=O)C=C1C(=O)OC. The summed E-state index contributed by atoms with van der Waals surface area (Å²) in [6.07, 6.45) is -0.0831. The van der Waals surface area contributed by atoms with Gasteiger partial charge in [-0.05, 0) is 0 Å². The fourth-order valence-corrected chi connectivity index (χ4v) is 1.15. The van der Waals surface area contributed by atoms with Crippen LogP contribution >= 0.6 is 0 Å². The van der Waals surface area contributed by atoms with Gasteiger partial charge in [0.05, 0.1) is 26.2 Å². The van der Waals surface area contributed by atoms with Crippen LogP contribution in [-0.2, 0) is 28.6 Å². The lowest BCUT2D eigenvalue weighted by atomic mass is 10.1. The molecule has 6 nitrogen and oxygen atoms in total. The third-order valence-corrected chi connectivity index (χ3v) is 1.88. The second-order valence-corrected chi connectivity index (χ2v) is 2.80. The predicted octanol–water partition coefficient (Wildman–Crippen LogP) is -0.426. The summed E-state index contributed by atoms with van der Waals surface area (Å²) in [5.74, 6) is -1.91. The van der Waals surface area contributed by atoms with Gasteiger partial charge in [-0.3, -0.25) is 4.79 Å². The summed E-state index contributed by atoms with van der Waals surface area (Å²) < 4.78 is 13.6. The molecule has 0 aliphatic carbocycles. The Balaban J connectivity index is 2.74. The van der Waals surface area contributed by atoms with E-state index in [-0.39, 0.29) is 12.0 Å². The highest BCUT2D eigenvalue weighted by atomic mass is 16.6. The van der Waals surface area contributed by atoms with Gasteiger partial charge in [0.2, 0.25) is 0 Å². The van der Waals surface area contributed by atoms with Crippen LogP contribution in [0.2, 0.25) is 0 Å². The Morgan fingerprint density at radius 2 is 2.07 bits per heavy atom. The van der Waals surface area contributed by atoms with E-state index in [1.165, 1.54) is 14.2 Å². The number of esters is 3. The molecule has 1 heterocycles. The second kappa shape index (κ2) is 4.59. The monoisotopic (exact) mass is 214 g/mol. The Labute approximate surface area is 85.8 Å². The number of carbonyl (C=O) groups excluding carboxylic acids is 3. The molecule has 0 saturated heterocycles. The van der Waals surface area contributed by atoms with Gasteiger partial charge in [-0.15, -0.1) is 0 Å². The topological polar surface area (TPSA) is 78.9 Å². The Bertz CT molecular complexity index is 329. The molecular formula is C9H10O6. The summed E-state index contributed by atoms with van der Waals surface area (Å²) in [7, 11) is 2.39. The maximum atomic E-state index is 11.2. The summed E-state index contributed by atoms with van der Waals surface area (Å²) in [5.41, 5.74) is 0.0351. The molecule has 0 fully saturated rings. The molecule has 1 aliphatic rings. The third kappa shape index (κ3) is 2.55. The van der Waals surface area contributed by atoms with Gasteiger partial charge in [0, 0.05) is 6.08 Å². The number of cyclic esters (lactones) is 1. The molecule has 0 aromatic carbocycles. The molecule has 1 rings (SSSR count). The average Bonchev–Trinajstić information content (AvgIpc) is 2.58. The fraction of sp³-hybridized carbons (Fsp3) is 0.444. The zero-order chi connectivity index (χ0) is 11.4. The first-order chi connectivity index (χ1) is 7.08. The minimum absolute atomic E-state index is 0.0351. The zero-order valence-electron chi connectivity index (χ0n) is 8.31. The molecule has 0 bridgehead atoms. The molecule has 0 amide bonds. The zero-order valence-corrected chi connectivity index (χ0v) is 8.31. The molecule has 6 heteroatoms. The molecule has 0 spiro atoms. The van der Waals surface area contributed by atoms with Gasteiger partial charge in [-0.2, -0.15) is 0 Å². The standard InChI is InChI=1S/C9H10O6/c1-13-7(10)4-6-5(9(12)14-2)3-8(11)15-6/h3,6H,4H2,1-2H3. The third-order valence-electron chi connectivity index (χ3n) is 1.88. The van der Waals surface area contributed by atoms with Crippen LogP contribution in [0.25, 0.3) is 0 Å². The van der Waals surface area contributed by atoms with Crippen molar-refractivity contribution >= 4 is 17.9 Å². The van der Waals surface area contributed by atoms with Crippen LogP contribution in [-0.4, -0.2) is 38.2 Å². The van der Waals surface area contributed by atoms with Gasteiger partial charge in [0.25, 0.3) is 0 Å². The van der Waals surface area contributed by atoms with Crippen LogP contribution in [0.3, 0.4) is 0 Å². The van der Waals surface area contributed by atoms with Gasteiger partial charge in [0.1, 0.15) is 6.10 Å². The van der Waals surface area contributed by atoms with E-state index in [0.717, 1.165) is 6.08 Å². The van der Waals surface area contributed by atoms with Gasteiger partial charge < -0.3 is 14.2 Å². The van der Waals surface area contributed by atoms with Crippen LogP contribution < -0.4 is 0 Å². The number of hydrogen-bond donors (Lipinski definition) is 0. The lowest BCUT2D eigenvalue weighted by molar-refractivity contribution is -0.147. The molecule has 0 radical (unpaired) electrons. The van der Waals surface area contributed by atoms with Crippen molar-refractivity contribution < 1.29 is 28.6 Å². The van der Waals surface area contributed by atoms with Crippen LogP contribution in [0.4, 0.5) is 0 Å². The first-order valence-electron chi connectivity index (χ1n) is 4.15. The van der Waals surface area contributed by atoms with Crippen LogP contribution in [0.15, 0.2) is 11.6 Å². The minimum atomic E-state index is -0.905. The largest absolute Gasteiger partial charge is 0.469 e. The molecule has 0 aromatic rings. The van der Waals surface area contributed by atoms with Crippen LogP contribution in [0.5, 0.6) is 0 Å². The van der Waals surface area contributed by atoms with Gasteiger partial charge >= 0.3 is 17.9 Å². The van der Waals surface area contributed by atoms with E-state index in [1.807, 2.05) is 0 Å². The Morgan fingerprint density at radius 1 is 1.40 bits per heavy atom. The molecule has 15 heavy (non-hydrogen) atoms. The molecule has 82 valence electrons. The number of methoxy groups -OCH3 is 2. The number of carbonyl (C=O) groups is 3. The number of rotatable bonds is 3. The summed E-state index contributed by atoms with van der Waals surface area (Å²) in [6, 6.07) is 0. The predicted molar refractivity (Wildman–Crippen MR) is 46.6 cm³/mol. The van der Waals surface area contributed by atoms with Gasteiger partial charge in [-0.25, -0.2) is 9.59 Å². The molecular weight excluding hydrogens is 204 g/mol. The van der Waals surface area contributed by atoms with Crippen LogP contribution in [0, 0.1) is 0 Å². The maximum Gasteiger partial charge on any atom is 0.337 e. The Hall–Kier alpha value is -1.85. The van der Waals surface area contributed by atoms with Gasteiger partial charge in [0.15, 0.2) is 0 Å². The first-order valence-corrected chi connectivity index (χ1v) is 4.15. The van der Waals surface area contributed by atoms with E-state index < -0.39 is 24.0 Å². The van der Waals surface area contributed by atoms with Crippen molar-refractivity contribution in [3.05, 3.63) is 11.6 Å². The van der Waals surface area contributed by atoms with Crippen molar-refractivity contribution in [3.63, 3.8) is 0 Å². The quantitative estimate of drug-likeness (QED) is 0.468. The van der Waals surface area contributed by atoms with Crippen molar-refractivity contribution in [3.8, 4) is 0 Å². The van der Waals surface area contributed by atoms with E-state index in [2.05, 4.69) is 9.47 Å². The van der Waals surface area contributed by atoms with Crippen molar-refractivity contribution in [2.75, 3.05) is 14.2 Å². The van der Waals surface area contributed by atoms with Crippen LogP contribution in [0.1, 0.15) is 6.42 Å². The second-order valence-electron chi connectivity index (χ2n) is 2.80. The van der Waals surface area contributed by atoms with E-state index >= 15 is 0 Å². The minimum Gasteiger partial charge on any atom is -0.469 e. The van der Waals surface area contributed by atoms with Crippen molar-refractivity contribution in [2.24, 2.45) is 0 Å². The summed E-state index contributed by atoms with van der Waals surface area (Å²) in [5, 5.41) is 0. The summed E-state index contributed by atoms with van der Waals surface area (Å²) in [6.45, 7) is 0. The highest BCUT2D eigenvalue weighted by Gasteiger charge is 2.33. The molecule has 0 saturated carbocycles. The Kier molecular flexibility index (Phi) is 3.43. The molecule has 1 atom stereocenters. The summed E-state index contributed by atoms with van der Waals surface area (Å²) >= 11 is 0. The fourth-order valence-electron chi connectivity index (χ4n) is 1.15. The smallest absolute Gasteiger partial charge is 0.337 e. The first kappa shape index (κ1) is 11.2. The van der Waals surface area contributed by atoms with Crippen molar-refractivity contribution in [1.82, 2.24) is 0 Å². The van der Waals surface area contributed by atoms with Gasteiger partial charge in [-0.1, -0.05) is 0 Å².